The summed E-state index contributed by atoms with van der Waals surface area (Å²) in [6.45, 7) is 8.29. The van der Waals surface area contributed by atoms with Gasteiger partial charge in [-0.2, -0.15) is 5.10 Å². The van der Waals surface area contributed by atoms with Gasteiger partial charge < -0.3 is 20.4 Å². The Labute approximate surface area is 222 Å². The van der Waals surface area contributed by atoms with Crippen LogP contribution in [0.25, 0.3) is 5.69 Å². The Kier molecular flexibility index (Phi) is 7.65. The quantitative estimate of drug-likeness (QED) is 0.512. The van der Waals surface area contributed by atoms with E-state index in [9.17, 15) is 19.8 Å². The van der Waals surface area contributed by atoms with Crippen molar-refractivity contribution in [1.29, 1.82) is 0 Å². The van der Waals surface area contributed by atoms with E-state index in [-0.39, 0.29) is 11.3 Å². The van der Waals surface area contributed by atoms with E-state index in [1.165, 1.54) is 0 Å². The van der Waals surface area contributed by atoms with Crippen LogP contribution in [0.4, 0.5) is 0 Å². The molecular formula is C28H35ClN4O4. The fourth-order valence-corrected chi connectivity index (χ4v) is 5.85. The number of allylic oxidation sites excluding steroid dienone is 3. The number of nitrogens with one attached hydrogen (secondary N) is 1. The number of amides is 2. The number of nitrogens with zero attached hydrogens (tertiary/aromatic N) is 3. The van der Waals surface area contributed by atoms with E-state index in [0.29, 0.717) is 24.4 Å². The van der Waals surface area contributed by atoms with Crippen molar-refractivity contribution in [1.82, 2.24) is 20.0 Å². The van der Waals surface area contributed by atoms with E-state index < -0.39 is 35.6 Å². The van der Waals surface area contributed by atoms with Crippen LogP contribution in [0.15, 0.2) is 66.0 Å². The number of hydrogen-bond acceptors (Lipinski definition) is 5. The molecule has 8 nitrogen and oxygen atoms in total. The van der Waals surface area contributed by atoms with Crippen molar-refractivity contribution in [2.24, 2.45) is 11.3 Å². The number of aliphatic hydroxyl groups is 2. The first-order chi connectivity index (χ1) is 17.4. The van der Waals surface area contributed by atoms with Crippen LogP contribution in [0, 0.1) is 11.3 Å². The molecule has 0 bridgehead atoms. The number of halogens is 1. The minimum Gasteiger partial charge on any atom is -0.380 e. The lowest BCUT2D eigenvalue weighted by Gasteiger charge is -2.42. The molecule has 0 saturated carbocycles. The maximum atomic E-state index is 13.5. The highest BCUT2D eigenvalue weighted by molar-refractivity contribution is 6.29. The zero-order valence-electron chi connectivity index (χ0n) is 21.6. The molecule has 2 amide bonds. The summed E-state index contributed by atoms with van der Waals surface area (Å²) in [5.74, 6) is -1.52. The second kappa shape index (κ2) is 10.4. The molecule has 2 aliphatic rings. The predicted molar refractivity (Wildman–Crippen MR) is 142 cm³/mol. The van der Waals surface area contributed by atoms with Crippen molar-refractivity contribution in [3.8, 4) is 5.69 Å². The number of rotatable bonds is 7. The standard InChI is InChI=1S/C28H35ClN4O4/c1-18(19-9-11-22(12-10-19)33-14-6-13-30-33)31-25(36)23(34)24(35)26(37)32-17-27(2,3)16-28(32,4)20-7-5-8-21(29)15-20/h5-14,18,20,23-24,34-35H,15-17H2,1-4H3,(H,31,36)/t18-,20?,23-,24-,28-/m1/s1. The number of benzene rings is 1. The Morgan fingerprint density at radius 2 is 1.86 bits per heavy atom. The largest absolute Gasteiger partial charge is 0.380 e. The molecule has 1 aromatic carbocycles. The molecule has 1 aromatic heterocycles. The monoisotopic (exact) mass is 526 g/mol. The van der Waals surface area contributed by atoms with Crippen LogP contribution >= 0.6 is 11.6 Å². The van der Waals surface area contributed by atoms with Gasteiger partial charge in [-0.15, -0.1) is 0 Å². The Morgan fingerprint density at radius 3 is 2.49 bits per heavy atom. The molecule has 2 heterocycles. The van der Waals surface area contributed by atoms with E-state index in [1.807, 2.05) is 61.7 Å². The number of aromatic nitrogens is 2. The zero-order chi connectivity index (χ0) is 27.0. The molecule has 198 valence electrons. The lowest BCUT2D eigenvalue weighted by molar-refractivity contribution is -0.157. The average molecular weight is 527 g/mol. The van der Waals surface area contributed by atoms with Crippen LogP contribution in [0.3, 0.4) is 0 Å². The molecule has 5 atom stereocenters. The summed E-state index contributed by atoms with van der Waals surface area (Å²) in [4.78, 5) is 27.9. The van der Waals surface area contributed by atoms with Crippen molar-refractivity contribution in [2.45, 2.75) is 64.3 Å². The highest BCUT2D eigenvalue weighted by Crippen LogP contribution is 2.48. The fourth-order valence-electron chi connectivity index (χ4n) is 5.61. The van der Waals surface area contributed by atoms with Gasteiger partial charge in [0.05, 0.1) is 11.7 Å². The lowest BCUT2D eigenvalue weighted by atomic mass is 9.74. The lowest BCUT2D eigenvalue weighted by Crippen LogP contribution is -2.57. The number of likely N-dealkylation sites (tertiary alicyclic amines) is 1. The van der Waals surface area contributed by atoms with Crippen LogP contribution in [0.5, 0.6) is 0 Å². The summed E-state index contributed by atoms with van der Waals surface area (Å²) in [5.41, 5.74) is 0.858. The molecule has 1 aliphatic heterocycles. The highest BCUT2D eigenvalue weighted by atomic mass is 35.5. The molecule has 1 fully saturated rings. The van der Waals surface area contributed by atoms with Gasteiger partial charge in [0.2, 0.25) is 0 Å². The minimum atomic E-state index is -1.91. The average Bonchev–Trinajstić information content (AvgIpc) is 3.49. The molecule has 1 unspecified atom stereocenters. The van der Waals surface area contributed by atoms with Gasteiger partial charge >= 0.3 is 0 Å². The second-order valence-corrected chi connectivity index (χ2v) is 11.6. The molecule has 1 saturated heterocycles. The van der Waals surface area contributed by atoms with Crippen LogP contribution in [0.2, 0.25) is 0 Å². The van der Waals surface area contributed by atoms with Gasteiger partial charge in [0.1, 0.15) is 0 Å². The Hall–Kier alpha value is -2.94. The van der Waals surface area contributed by atoms with Gasteiger partial charge in [-0.3, -0.25) is 9.59 Å². The van der Waals surface area contributed by atoms with Crippen molar-refractivity contribution in [3.63, 3.8) is 0 Å². The summed E-state index contributed by atoms with van der Waals surface area (Å²) < 4.78 is 1.72. The van der Waals surface area contributed by atoms with Crippen molar-refractivity contribution in [3.05, 3.63) is 71.5 Å². The topological polar surface area (TPSA) is 108 Å². The maximum Gasteiger partial charge on any atom is 0.255 e. The third-order valence-corrected chi connectivity index (χ3v) is 7.76. The molecule has 37 heavy (non-hydrogen) atoms. The van der Waals surface area contributed by atoms with Gasteiger partial charge in [0.25, 0.3) is 11.8 Å². The summed E-state index contributed by atoms with van der Waals surface area (Å²) >= 11 is 6.30. The van der Waals surface area contributed by atoms with E-state index in [4.69, 9.17) is 11.6 Å². The van der Waals surface area contributed by atoms with E-state index in [0.717, 1.165) is 11.3 Å². The maximum absolute atomic E-state index is 13.5. The second-order valence-electron chi connectivity index (χ2n) is 11.1. The normalized spacial score (nSPS) is 25.3. The molecule has 1 aliphatic carbocycles. The fraction of sp³-hybridized carbons (Fsp3) is 0.464. The number of carbonyl (C=O) groups is 2. The molecule has 2 aromatic rings. The van der Waals surface area contributed by atoms with Gasteiger partial charge in [0.15, 0.2) is 12.2 Å². The SMILES string of the molecule is C[C@@H](NC(=O)[C@H](O)[C@@H](O)C(=O)N1CC(C)(C)C[C@]1(C)C1C=CC=C(Cl)C1)c1ccc(-n2cccn2)cc1. The summed E-state index contributed by atoms with van der Waals surface area (Å²) in [6.07, 6.45) is 6.77. The Balaban J connectivity index is 1.43. The number of carbonyl (C=O) groups excluding carboxylic acids is 2. The van der Waals surface area contributed by atoms with Crippen molar-refractivity contribution >= 4 is 23.4 Å². The van der Waals surface area contributed by atoms with Gasteiger partial charge in [0, 0.05) is 35.4 Å². The van der Waals surface area contributed by atoms with E-state index >= 15 is 0 Å². The van der Waals surface area contributed by atoms with Crippen molar-refractivity contribution in [2.75, 3.05) is 6.54 Å². The predicted octanol–water partition coefficient (Wildman–Crippen LogP) is 3.49. The third kappa shape index (κ3) is 5.66. The first-order valence-corrected chi connectivity index (χ1v) is 12.9. The molecule has 0 radical (unpaired) electrons. The smallest absolute Gasteiger partial charge is 0.255 e. The van der Waals surface area contributed by atoms with Gasteiger partial charge in [-0.25, -0.2) is 4.68 Å². The van der Waals surface area contributed by atoms with E-state index in [1.54, 1.807) is 22.7 Å². The van der Waals surface area contributed by atoms with Crippen molar-refractivity contribution < 1.29 is 19.8 Å². The third-order valence-electron chi connectivity index (χ3n) is 7.48. The minimum absolute atomic E-state index is 0.0429. The highest BCUT2D eigenvalue weighted by Gasteiger charge is 2.53. The summed E-state index contributed by atoms with van der Waals surface area (Å²) in [5, 5.41) is 29.1. The molecular weight excluding hydrogens is 492 g/mol. The summed E-state index contributed by atoms with van der Waals surface area (Å²) in [6, 6.07) is 8.83. The molecule has 3 N–H and O–H groups in total. The first kappa shape index (κ1) is 27.1. The van der Waals surface area contributed by atoms with Crippen LogP contribution in [-0.2, 0) is 9.59 Å². The number of hydrogen-bond donors (Lipinski definition) is 3. The van der Waals surface area contributed by atoms with Gasteiger partial charge in [-0.05, 0) is 61.9 Å². The van der Waals surface area contributed by atoms with Crippen LogP contribution in [0.1, 0.15) is 52.1 Å². The Bertz CT molecular complexity index is 1190. The summed E-state index contributed by atoms with van der Waals surface area (Å²) in [7, 11) is 0. The zero-order valence-corrected chi connectivity index (χ0v) is 22.4. The van der Waals surface area contributed by atoms with Crippen LogP contribution in [-0.4, -0.2) is 61.0 Å². The number of aliphatic hydroxyl groups excluding tert-OH is 2. The molecule has 4 rings (SSSR count). The molecule has 0 spiro atoms. The molecule has 9 heteroatoms. The Morgan fingerprint density at radius 1 is 1.16 bits per heavy atom. The van der Waals surface area contributed by atoms with Crippen LogP contribution < -0.4 is 5.32 Å². The van der Waals surface area contributed by atoms with E-state index in [2.05, 4.69) is 24.3 Å². The first-order valence-electron chi connectivity index (χ1n) is 12.5. The van der Waals surface area contributed by atoms with Gasteiger partial charge in [-0.1, -0.05) is 49.7 Å².